The van der Waals surface area contributed by atoms with Crippen LogP contribution in [0.5, 0.6) is 0 Å². The zero-order valence-electron chi connectivity index (χ0n) is 11.6. The van der Waals surface area contributed by atoms with Gasteiger partial charge in [-0.1, -0.05) is 11.6 Å². The third-order valence-electron chi connectivity index (χ3n) is 3.22. The summed E-state index contributed by atoms with van der Waals surface area (Å²) in [7, 11) is 0. The molecule has 3 N–H and O–H groups in total. The number of carboxylic acids is 1. The van der Waals surface area contributed by atoms with E-state index in [1.807, 2.05) is 0 Å². The Bertz CT molecular complexity index is 972. The molecular weight excluding hydrogens is 367 g/mol. The fourth-order valence-electron chi connectivity index (χ4n) is 2.09. The molecular formula is C14H7ClF3N3O2S. The predicted octanol–water partition coefficient (Wildman–Crippen LogP) is 4.31. The molecule has 3 rings (SSSR count). The molecule has 0 fully saturated rings. The van der Waals surface area contributed by atoms with E-state index in [2.05, 4.69) is 9.97 Å². The van der Waals surface area contributed by atoms with Crippen LogP contribution in [0.2, 0.25) is 5.02 Å². The van der Waals surface area contributed by atoms with Crippen molar-refractivity contribution in [3.8, 4) is 11.3 Å². The van der Waals surface area contributed by atoms with E-state index in [9.17, 15) is 18.0 Å². The molecule has 0 saturated carbocycles. The molecule has 124 valence electrons. The second-order valence-corrected chi connectivity index (χ2v) is 6.19. The summed E-state index contributed by atoms with van der Waals surface area (Å²) in [6.07, 6.45) is -2.53. The minimum absolute atomic E-state index is 0.0416. The van der Waals surface area contributed by atoms with E-state index in [-0.39, 0.29) is 21.3 Å². The Labute approximate surface area is 141 Å². The number of carboxylic acid groups (broad SMARTS) is 1. The number of anilines is 1. The number of hydrogen-bond donors (Lipinski definition) is 2. The molecule has 0 aliphatic rings. The van der Waals surface area contributed by atoms with Gasteiger partial charge in [-0.05, 0) is 12.1 Å². The lowest BCUT2D eigenvalue weighted by atomic mass is 10.1. The van der Waals surface area contributed by atoms with Crippen LogP contribution >= 0.6 is 22.9 Å². The number of thiophene rings is 1. The van der Waals surface area contributed by atoms with Gasteiger partial charge in [-0.3, -0.25) is 4.98 Å². The van der Waals surface area contributed by atoms with Gasteiger partial charge in [0.2, 0.25) is 0 Å². The summed E-state index contributed by atoms with van der Waals surface area (Å²) in [5.41, 5.74) is 5.31. The van der Waals surface area contributed by atoms with E-state index in [0.29, 0.717) is 22.0 Å². The molecule has 3 heterocycles. The van der Waals surface area contributed by atoms with Crippen LogP contribution in [-0.4, -0.2) is 21.0 Å². The quantitative estimate of drug-likeness (QED) is 0.698. The highest BCUT2D eigenvalue weighted by molar-refractivity contribution is 7.21. The van der Waals surface area contributed by atoms with Crippen molar-refractivity contribution in [1.82, 2.24) is 9.97 Å². The van der Waals surface area contributed by atoms with Gasteiger partial charge in [0.15, 0.2) is 0 Å². The maximum Gasteiger partial charge on any atom is 0.417 e. The number of alkyl halides is 3. The third-order valence-corrected chi connectivity index (χ3v) is 4.63. The van der Waals surface area contributed by atoms with Crippen LogP contribution in [0.3, 0.4) is 0 Å². The van der Waals surface area contributed by atoms with Crippen LogP contribution in [0.4, 0.5) is 18.9 Å². The average molecular weight is 374 g/mol. The minimum atomic E-state index is -4.55. The third kappa shape index (κ3) is 2.76. The van der Waals surface area contributed by atoms with E-state index in [1.165, 1.54) is 12.3 Å². The number of nitrogen functional groups attached to an aromatic ring is 1. The van der Waals surface area contributed by atoms with Gasteiger partial charge in [-0.25, -0.2) is 9.78 Å². The highest BCUT2D eigenvalue weighted by Crippen LogP contribution is 2.37. The van der Waals surface area contributed by atoms with Crippen LogP contribution in [0.15, 0.2) is 24.5 Å². The minimum Gasteiger partial charge on any atom is -0.477 e. The standard InChI is InChI=1S/C14H7ClF3N3O2S/c15-8-2-6(14(16,17)18)4-20-10(8)5-1-7-9(19)11(13(22)23)24-12(7)21-3-5/h1-4H,19H2,(H,22,23). The van der Waals surface area contributed by atoms with E-state index in [1.54, 1.807) is 0 Å². The molecule has 0 unspecified atom stereocenters. The summed E-state index contributed by atoms with van der Waals surface area (Å²) >= 11 is 6.81. The van der Waals surface area contributed by atoms with Crippen molar-refractivity contribution in [2.45, 2.75) is 6.18 Å². The molecule has 0 aliphatic carbocycles. The van der Waals surface area contributed by atoms with Crippen LogP contribution in [-0.2, 0) is 6.18 Å². The van der Waals surface area contributed by atoms with Gasteiger partial charge >= 0.3 is 12.1 Å². The number of hydrogen-bond acceptors (Lipinski definition) is 5. The van der Waals surface area contributed by atoms with Gasteiger partial charge in [0.05, 0.1) is 22.0 Å². The number of rotatable bonds is 2. The largest absolute Gasteiger partial charge is 0.477 e. The smallest absolute Gasteiger partial charge is 0.417 e. The first-order valence-electron chi connectivity index (χ1n) is 6.33. The van der Waals surface area contributed by atoms with Gasteiger partial charge in [0.1, 0.15) is 9.71 Å². The number of fused-ring (bicyclic) bond motifs is 1. The van der Waals surface area contributed by atoms with Gasteiger partial charge < -0.3 is 10.8 Å². The Balaban J connectivity index is 2.13. The van der Waals surface area contributed by atoms with E-state index in [4.69, 9.17) is 22.4 Å². The van der Waals surface area contributed by atoms with E-state index >= 15 is 0 Å². The molecule has 3 aromatic rings. The lowest BCUT2D eigenvalue weighted by Crippen LogP contribution is -2.05. The second-order valence-electron chi connectivity index (χ2n) is 4.78. The van der Waals surface area contributed by atoms with Crippen LogP contribution in [0.1, 0.15) is 15.2 Å². The SMILES string of the molecule is Nc1c(C(=O)O)sc2ncc(-c3ncc(C(F)(F)F)cc3Cl)cc12. The highest BCUT2D eigenvalue weighted by Gasteiger charge is 2.31. The molecule has 0 saturated heterocycles. The first-order valence-corrected chi connectivity index (χ1v) is 7.52. The normalized spacial score (nSPS) is 11.8. The number of halogens is 4. The number of pyridine rings is 2. The monoisotopic (exact) mass is 373 g/mol. The van der Waals surface area contributed by atoms with Crippen molar-refractivity contribution >= 4 is 44.8 Å². The maximum absolute atomic E-state index is 12.7. The number of nitrogens with zero attached hydrogens (tertiary/aromatic N) is 2. The molecule has 0 aromatic carbocycles. The fourth-order valence-corrected chi connectivity index (χ4v) is 3.25. The zero-order valence-corrected chi connectivity index (χ0v) is 13.1. The summed E-state index contributed by atoms with van der Waals surface area (Å²) in [5, 5.41) is 9.25. The molecule has 0 radical (unpaired) electrons. The number of nitrogens with two attached hydrogens (primary N) is 1. The Morgan fingerprint density at radius 1 is 1.25 bits per heavy atom. The van der Waals surface area contributed by atoms with Crippen LogP contribution in [0.25, 0.3) is 21.5 Å². The van der Waals surface area contributed by atoms with Crippen molar-refractivity contribution < 1.29 is 23.1 Å². The van der Waals surface area contributed by atoms with Gasteiger partial charge in [-0.2, -0.15) is 13.2 Å². The van der Waals surface area contributed by atoms with Gasteiger partial charge in [0, 0.05) is 23.3 Å². The molecule has 0 amide bonds. The molecule has 10 heteroatoms. The van der Waals surface area contributed by atoms with Crippen molar-refractivity contribution in [1.29, 1.82) is 0 Å². The van der Waals surface area contributed by atoms with Crippen molar-refractivity contribution in [2.24, 2.45) is 0 Å². The molecule has 3 aromatic heterocycles. The van der Waals surface area contributed by atoms with Crippen molar-refractivity contribution in [3.63, 3.8) is 0 Å². The lowest BCUT2D eigenvalue weighted by Gasteiger charge is -2.09. The lowest BCUT2D eigenvalue weighted by molar-refractivity contribution is -0.137. The summed E-state index contributed by atoms with van der Waals surface area (Å²) in [5.74, 6) is -1.18. The summed E-state index contributed by atoms with van der Waals surface area (Å²) in [4.78, 5) is 19.3. The Hall–Kier alpha value is -2.39. The second kappa shape index (κ2) is 5.60. The molecule has 0 atom stereocenters. The summed E-state index contributed by atoms with van der Waals surface area (Å²) in [6, 6.07) is 2.27. The number of aromatic nitrogens is 2. The molecule has 5 nitrogen and oxygen atoms in total. The molecule has 0 aliphatic heterocycles. The number of aromatic carboxylic acids is 1. The number of carbonyl (C=O) groups is 1. The summed E-state index contributed by atoms with van der Waals surface area (Å²) < 4.78 is 38.0. The molecule has 0 bridgehead atoms. The van der Waals surface area contributed by atoms with Crippen LogP contribution in [0, 0.1) is 0 Å². The average Bonchev–Trinajstić information content (AvgIpc) is 2.83. The van der Waals surface area contributed by atoms with Crippen LogP contribution < -0.4 is 5.73 Å². The fraction of sp³-hybridized carbons (Fsp3) is 0.0714. The molecule has 0 spiro atoms. The van der Waals surface area contributed by atoms with E-state index in [0.717, 1.165) is 17.4 Å². The first-order chi connectivity index (χ1) is 11.2. The highest BCUT2D eigenvalue weighted by atomic mass is 35.5. The maximum atomic E-state index is 12.7. The Kier molecular flexibility index (Phi) is 3.84. The molecule has 24 heavy (non-hydrogen) atoms. The topological polar surface area (TPSA) is 89.1 Å². The Morgan fingerprint density at radius 3 is 2.54 bits per heavy atom. The van der Waals surface area contributed by atoms with Crippen molar-refractivity contribution in [2.75, 3.05) is 5.73 Å². The van der Waals surface area contributed by atoms with Gasteiger partial charge in [0.25, 0.3) is 0 Å². The Morgan fingerprint density at radius 2 is 1.96 bits per heavy atom. The van der Waals surface area contributed by atoms with E-state index < -0.39 is 17.7 Å². The van der Waals surface area contributed by atoms with Crippen molar-refractivity contribution in [3.05, 3.63) is 40.0 Å². The predicted molar refractivity (Wildman–Crippen MR) is 84.2 cm³/mol. The summed E-state index contributed by atoms with van der Waals surface area (Å²) in [6.45, 7) is 0. The first kappa shape index (κ1) is 16.5. The van der Waals surface area contributed by atoms with Gasteiger partial charge in [-0.15, -0.1) is 11.3 Å². The zero-order chi connectivity index (χ0) is 17.6.